The van der Waals surface area contributed by atoms with Crippen LogP contribution in [0.5, 0.6) is 0 Å². The largest absolute Gasteiger partial charge is 0.275 e. The first-order valence-corrected chi connectivity index (χ1v) is 6.51. The Bertz CT molecular complexity index is 565. The molecule has 1 heterocycles. The molecular formula is C15H17ClN2O. The molecule has 2 rings (SSSR count). The first kappa shape index (κ1) is 13.8. The van der Waals surface area contributed by atoms with Gasteiger partial charge in [-0.1, -0.05) is 44.5 Å². The highest BCUT2D eigenvalue weighted by atomic mass is 35.5. The van der Waals surface area contributed by atoms with Crippen LogP contribution in [0, 0.1) is 5.41 Å². The zero-order chi connectivity index (χ0) is 14.2. The summed E-state index contributed by atoms with van der Waals surface area (Å²) in [4.78, 5) is 12.2. The first-order chi connectivity index (χ1) is 8.79. The summed E-state index contributed by atoms with van der Waals surface area (Å²) >= 11 is 5.86. The fourth-order valence-corrected chi connectivity index (χ4v) is 2.06. The molecule has 0 atom stereocenters. The second-order valence-electron chi connectivity index (χ2n) is 5.64. The van der Waals surface area contributed by atoms with Crippen LogP contribution >= 0.6 is 11.6 Å². The van der Waals surface area contributed by atoms with Crippen molar-refractivity contribution < 1.29 is 4.79 Å². The Hall–Kier alpha value is -1.61. The predicted molar refractivity (Wildman–Crippen MR) is 79.1 cm³/mol. The van der Waals surface area contributed by atoms with Gasteiger partial charge < -0.3 is 0 Å². The van der Waals surface area contributed by atoms with E-state index in [0.29, 0.717) is 10.6 Å². The average molecular weight is 277 g/mol. The van der Waals surface area contributed by atoms with Gasteiger partial charge in [0.15, 0.2) is 0 Å². The van der Waals surface area contributed by atoms with Crippen molar-refractivity contribution >= 4 is 29.3 Å². The Morgan fingerprint density at radius 3 is 2.32 bits per heavy atom. The number of likely N-dealkylation sites (N-methyl/N-ethyl adjacent to an activating group) is 1. The predicted octanol–water partition coefficient (Wildman–Crippen LogP) is 3.60. The molecule has 0 aliphatic carbocycles. The average Bonchev–Trinajstić information content (AvgIpc) is 2.60. The van der Waals surface area contributed by atoms with Gasteiger partial charge in [-0.15, -0.1) is 0 Å². The smallest absolute Gasteiger partial charge is 0.267 e. The van der Waals surface area contributed by atoms with Crippen molar-refractivity contribution in [2.75, 3.05) is 7.05 Å². The van der Waals surface area contributed by atoms with Gasteiger partial charge in [0.05, 0.1) is 11.3 Å². The normalized spacial score (nSPS) is 18.2. The van der Waals surface area contributed by atoms with E-state index in [0.717, 1.165) is 11.3 Å². The van der Waals surface area contributed by atoms with E-state index in [-0.39, 0.29) is 11.3 Å². The number of benzene rings is 1. The van der Waals surface area contributed by atoms with E-state index < -0.39 is 0 Å². The number of amides is 1. The standard InChI is InChI=1S/C15H17ClN2O/c1-15(2,3)13-12(14(19)18(4)17-13)9-10-5-7-11(16)8-6-10/h5-9H,1-4H3/b12-9-. The van der Waals surface area contributed by atoms with E-state index in [9.17, 15) is 4.79 Å². The highest BCUT2D eigenvalue weighted by Crippen LogP contribution is 2.29. The zero-order valence-electron chi connectivity index (χ0n) is 11.6. The Labute approximate surface area is 118 Å². The van der Waals surface area contributed by atoms with E-state index in [4.69, 9.17) is 11.6 Å². The van der Waals surface area contributed by atoms with Crippen molar-refractivity contribution in [1.82, 2.24) is 5.01 Å². The van der Waals surface area contributed by atoms with Gasteiger partial charge in [-0.25, -0.2) is 5.01 Å². The second kappa shape index (κ2) is 4.82. The highest BCUT2D eigenvalue weighted by molar-refractivity contribution is 6.31. The highest BCUT2D eigenvalue weighted by Gasteiger charge is 2.34. The van der Waals surface area contributed by atoms with Crippen LogP contribution in [0.3, 0.4) is 0 Å². The van der Waals surface area contributed by atoms with Gasteiger partial charge in [0.2, 0.25) is 0 Å². The Morgan fingerprint density at radius 2 is 1.79 bits per heavy atom. The molecule has 1 aromatic carbocycles. The van der Waals surface area contributed by atoms with Gasteiger partial charge in [-0.05, 0) is 23.8 Å². The number of carbonyl (C=O) groups is 1. The third-order valence-electron chi connectivity index (χ3n) is 2.92. The lowest BCUT2D eigenvalue weighted by Crippen LogP contribution is -2.22. The fourth-order valence-electron chi connectivity index (χ4n) is 1.93. The van der Waals surface area contributed by atoms with Crippen LogP contribution in [-0.2, 0) is 4.79 Å². The maximum atomic E-state index is 12.2. The SMILES string of the molecule is CN1N=C(C(C)(C)C)/C(=C/c2ccc(Cl)cc2)C1=O. The molecule has 100 valence electrons. The van der Waals surface area contributed by atoms with E-state index >= 15 is 0 Å². The first-order valence-electron chi connectivity index (χ1n) is 6.14. The van der Waals surface area contributed by atoms with Crippen LogP contribution in [0.15, 0.2) is 34.9 Å². The van der Waals surface area contributed by atoms with Crippen LogP contribution in [0.2, 0.25) is 5.02 Å². The van der Waals surface area contributed by atoms with Gasteiger partial charge in [0.25, 0.3) is 5.91 Å². The zero-order valence-corrected chi connectivity index (χ0v) is 12.3. The van der Waals surface area contributed by atoms with Crippen LogP contribution in [-0.4, -0.2) is 23.7 Å². The van der Waals surface area contributed by atoms with Crippen molar-refractivity contribution in [3.05, 3.63) is 40.4 Å². The summed E-state index contributed by atoms with van der Waals surface area (Å²) in [5.74, 6) is -0.0696. The van der Waals surface area contributed by atoms with Crippen LogP contribution in [0.1, 0.15) is 26.3 Å². The van der Waals surface area contributed by atoms with E-state index in [1.54, 1.807) is 7.05 Å². The molecule has 0 spiro atoms. The van der Waals surface area contributed by atoms with E-state index in [1.807, 2.05) is 51.1 Å². The maximum absolute atomic E-state index is 12.2. The summed E-state index contributed by atoms with van der Waals surface area (Å²) in [6.07, 6.45) is 1.87. The molecule has 0 saturated carbocycles. The molecule has 1 amide bonds. The molecule has 0 saturated heterocycles. The van der Waals surface area contributed by atoms with Crippen molar-refractivity contribution in [1.29, 1.82) is 0 Å². The van der Waals surface area contributed by atoms with Gasteiger partial charge in [-0.2, -0.15) is 5.10 Å². The third kappa shape index (κ3) is 2.87. The molecule has 4 heteroatoms. The molecule has 0 aromatic heterocycles. The Balaban J connectivity index is 2.44. The summed E-state index contributed by atoms with van der Waals surface area (Å²) in [7, 11) is 1.68. The monoisotopic (exact) mass is 276 g/mol. The minimum Gasteiger partial charge on any atom is -0.267 e. The number of halogens is 1. The van der Waals surface area contributed by atoms with Gasteiger partial charge in [-0.3, -0.25) is 4.79 Å². The number of hydrazone groups is 1. The molecule has 0 bridgehead atoms. The van der Waals surface area contributed by atoms with E-state index in [1.165, 1.54) is 5.01 Å². The molecule has 0 unspecified atom stereocenters. The molecule has 1 aromatic rings. The topological polar surface area (TPSA) is 32.7 Å². The second-order valence-corrected chi connectivity index (χ2v) is 6.07. The molecule has 0 radical (unpaired) electrons. The number of hydrogen-bond donors (Lipinski definition) is 0. The third-order valence-corrected chi connectivity index (χ3v) is 3.17. The van der Waals surface area contributed by atoms with E-state index in [2.05, 4.69) is 5.10 Å². The van der Waals surface area contributed by atoms with Crippen LogP contribution in [0.4, 0.5) is 0 Å². The fraction of sp³-hybridized carbons (Fsp3) is 0.333. The molecule has 0 N–H and O–H groups in total. The van der Waals surface area contributed by atoms with Crippen molar-refractivity contribution in [2.24, 2.45) is 10.5 Å². The van der Waals surface area contributed by atoms with Crippen LogP contribution < -0.4 is 0 Å². The van der Waals surface area contributed by atoms with Gasteiger partial charge in [0, 0.05) is 17.5 Å². The molecule has 1 aliphatic heterocycles. The van der Waals surface area contributed by atoms with Crippen molar-refractivity contribution in [3.63, 3.8) is 0 Å². The summed E-state index contributed by atoms with van der Waals surface area (Å²) in [6.45, 7) is 6.15. The van der Waals surface area contributed by atoms with Crippen molar-refractivity contribution in [3.8, 4) is 0 Å². The summed E-state index contributed by atoms with van der Waals surface area (Å²) < 4.78 is 0. The maximum Gasteiger partial charge on any atom is 0.275 e. The minimum absolute atomic E-state index is 0.0696. The minimum atomic E-state index is -0.168. The quantitative estimate of drug-likeness (QED) is 0.722. The van der Waals surface area contributed by atoms with Crippen molar-refractivity contribution in [2.45, 2.75) is 20.8 Å². The molecular weight excluding hydrogens is 260 g/mol. The number of hydrogen-bond acceptors (Lipinski definition) is 2. The lowest BCUT2D eigenvalue weighted by molar-refractivity contribution is -0.124. The molecule has 3 nitrogen and oxygen atoms in total. The van der Waals surface area contributed by atoms with Crippen LogP contribution in [0.25, 0.3) is 6.08 Å². The lowest BCUT2D eigenvalue weighted by atomic mass is 9.85. The molecule has 0 fully saturated rings. The number of rotatable bonds is 1. The van der Waals surface area contributed by atoms with Gasteiger partial charge in [0.1, 0.15) is 0 Å². The Kier molecular flexibility index (Phi) is 3.50. The van der Waals surface area contributed by atoms with Gasteiger partial charge >= 0.3 is 0 Å². The molecule has 1 aliphatic rings. The summed E-state index contributed by atoms with van der Waals surface area (Å²) in [5.41, 5.74) is 2.24. The Morgan fingerprint density at radius 1 is 1.21 bits per heavy atom. The molecule has 19 heavy (non-hydrogen) atoms. The number of carbonyl (C=O) groups excluding carboxylic acids is 1. The lowest BCUT2D eigenvalue weighted by Gasteiger charge is -2.17. The summed E-state index contributed by atoms with van der Waals surface area (Å²) in [5, 5.41) is 6.42. The summed E-state index contributed by atoms with van der Waals surface area (Å²) in [6, 6.07) is 7.40. The number of nitrogens with zero attached hydrogens (tertiary/aromatic N) is 2.